The fourth-order valence-corrected chi connectivity index (χ4v) is 2.22. The fraction of sp³-hybridized carbons (Fsp3) is 0.769. The van der Waals surface area contributed by atoms with E-state index in [1.165, 1.54) is 12.8 Å². The van der Waals surface area contributed by atoms with Crippen LogP contribution in [0.15, 0.2) is 12.7 Å². The first-order valence-corrected chi connectivity index (χ1v) is 6.37. The van der Waals surface area contributed by atoms with Crippen LogP contribution in [0.2, 0.25) is 0 Å². The molecule has 1 rings (SSSR count). The summed E-state index contributed by atoms with van der Waals surface area (Å²) in [6, 6.07) is 0. The largest absolute Gasteiger partial charge is 0.339 e. The van der Waals surface area contributed by atoms with Crippen LogP contribution in [-0.2, 0) is 4.79 Å². The molecule has 1 aliphatic rings. The Morgan fingerprint density at radius 2 is 2.44 bits per heavy atom. The van der Waals surface area contributed by atoms with Gasteiger partial charge >= 0.3 is 0 Å². The van der Waals surface area contributed by atoms with Crippen molar-refractivity contribution >= 4 is 5.91 Å². The third-order valence-corrected chi connectivity index (χ3v) is 3.06. The Morgan fingerprint density at radius 1 is 1.62 bits per heavy atom. The first-order valence-electron chi connectivity index (χ1n) is 6.37. The lowest BCUT2D eigenvalue weighted by molar-refractivity contribution is -0.131. The molecule has 1 heterocycles. The van der Waals surface area contributed by atoms with Crippen molar-refractivity contribution in [2.75, 3.05) is 26.2 Å². The Labute approximate surface area is 98.9 Å². The van der Waals surface area contributed by atoms with Crippen LogP contribution in [0.1, 0.15) is 32.6 Å². The summed E-state index contributed by atoms with van der Waals surface area (Å²) < 4.78 is 0. The minimum absolute atomic E-state index is 0.287. The molecular formula is C13H24N2O. The molecule has 0 aromatic rings. The molecule has 3 nitrogen and oxygen atoms in total. The van der Waals surface area contributed by atoms with E-state index < -0.39 is 0 Å². The van der Waals surface area contributed by atoms with Gasteiger partial charge < -0.3 is 10.2 Å². The van der Waals surface area contributed by atoms with Gasteiger partial charge in [-0.1, -0.05) is 13.0 Å². The molecule has 1 saturated heterocycles. The molecule has 1 fully saturated rings. The van der Waals surface area contributed by atoms with Gasteiger partial charge in [-0.05, 0) is 38.3 Å². The molecule has 0 bridgehead atoms. The number of piperidine rings is 1. The molecule has 0 aliphatic carbocycles. The highest BCUT2D eigenvalue weighted by atomic mass is 16.2. The van der Waals surface area contributed by atoms with Gasteiger partial charge in [-0.3, -0.25) is 4.79 Å². The van der Waals surface area contributed by atoms with Gasteiger partial charge in [0.15, 0.2) is 0 Å². The minimum Gasteiger partial charge on any atom is -0.339 e. The number of nitrogens with zero attached hydrogens (tertiary/aromatic N) is 1. The number of nitrogens with one attached hydrogen (secondary N) is 1. The van der Waals surface area contributed by atoms with Crippen LogP contribution < -0.4 is 5.32 Å². The third-order valence-electron chi connectivity index (χ3n) is 3.06. The van der Waals surface area contributed by atoms with Crippen molar-refractivity contribution in [3.05, 3.63) is 12.7 Å². The van der Waals surface area contributed by atoms with E-state index >= 15 is 0 Å². The van der Waals surface area contributed by atoms with Gasteiger partial charge in [0.2, 0.25) is 5.91 Å². The number of hydrogen-bond acceptors (Lipinski definition) is 2. The first kappa shape index (κ1) is 13.2. The van der Waals surface area contributed by atoms with E-state index in [1.807, 2.05) is 11.0 Å². The van der Waals surface area contributed by atoms with E-state index in [0.717, 1.165) is 26.1 Å². The maximum absolute atomic E-state index is 12.0. The molecule has 1 N–H and O–H groups in total. The first-order chi connectivity index (χ1) is 7.77. The van der Waals surface area contributed by atoms with Gasteiger partial charge in [-0.2, -0.15) is 0 Å². The van der Waals surface area contributed by atoms with Gasteiger partial charge in [-0.25, -0.2) is 0 Å². The van der Waals surface area contributed by atoms with Crippen molar-refractivity contribution in [3.63, 3.8) is 0 Å². The summed E-state index contributed by atoms with van der Waals surface area (Å²) in [6.45, 7) is 9.45. The molecule has 1 unspecified atom stereocenters. The third kappa shape index (κ3) is 4.35. The lowest BCUT2D eigenvalue weighted by atomic mass is 9.95. The number of rotatable bonds is 6. The maximum atomic E-state index is 12.0. The van der Waals surface area contributed by atoms with Crippen LogP contribution in [-0.4, -0.2) is 37.0 Å². The van der Waals surface area contributed by atoms with Crippen molar-refractivity contribution in [1.82, 2.24) is 10.2 Å². The van der Waals surface area contributed by atoms with E-state index in [9.17, 15) is 4.79 Å². The highest BCUT2D eigenvalue weighted by molar-refractivity contribution is 5.76. The van der Waals surface area contributed by atoms with Crippen LogP contribution in [0.5, 0.6) is 0 Å². The Bertz CT molecular complexity index is 222. The van der Waals surface area contributed by atoms with Gasteiger partial charge in [0, 0.05) is 19.5 Å². The standard InChI is InChI=1S/C13H24N2O/c1-3-8-15(9-4-2)13(16)10-12-6-5-7-14-11-12/h3,12,14H,1,4-11H2,2H3. The zero-order valence-electron chi connectivity index (χ0n) is 10.4. The quantitative estimate of drug-likeness (QED) is 0.698. The second kappa shape index (κ2) is 7.44. The predicted molar refractivity (Wildman–Crippen MR) is 67.3 cm³/mol. The molecule has 0 radical (unpaired) electrons. The van der Waals surface area contributed by atoms with Crippen LogP contribution in [0.3, 0.4) is 0 Å². The SMILES string of the molecule is C=CCN(CCC)C(=O)CC1CCCNC1. The van der Waals surface area contributed by atoms with Gasteiger partial charge in [0.05, 0.1) is 0 Å². The Hall–Kier alpha value is -0.830. The topological polar surface area (TPSA) is 32.3 Å². The summed E-state index contributed by atoms with van der Waals surface area (Å²) in [6.07, 6.45) is 5.91. The van der Waals surface area contributed by atoms with Crippen LogP contribution in [0.25, 0.3) is 0 Å². The van der Waals surface area contributed by atoms with Crippen LogP contribution >= 0.6 is 0 Å². The van der Waals surface area contributed by atoms with Crippen LogP contribution in [0, 0.1) is 5.92 Å². The van der Waals surface area contributed by atoms with Gasteiger partial charge in [-0.15, -0.1) is 6.58 Å². The van der Waals surface area contributed by atoms with E-state index in [4.69, 9.17) is 0 Å². The van der Waals surface area contributed by atoms with E-state index in [2.05, 4.69) is 18.8 Å². The summed E-state index contributed by atoms with van der Waals surface area (Å²) in [7, 11) is 0. The summed E-state index contributed by atoms with van der Waals surface area (Å²) in [5.74, 6) is 0.820. The molecule has 0 aromatic heterocycles. The van der Waals surface area contributed by atoms with E-state index in [0.29, 0.717) is 18.9 Å². The summed E-state index contributed by atoms with van der Waals surface area (Å²) in [5.41, 5.74) is 0. The van der Waals surface area contributed by atoms with E-state index in [1.54, 1.807) is 0 Å². The van der Waals surface area contributed by atoms with Crippen molar-refractivity contribution in [1.29, 1.82) is 0 Å². The summed E-state index contributed by atoms with van der Waals surface area (Å²) >= 11 is 0. The summed E-state index contributed by atoms with van der Waals surface area (Å²) in [5, 5.41) is 3.35. The summed E-state index contributed by atoms with van der Waals surface area (Å²) in [4.78, 5) is 14.0. The highest BCUT2D eigenvalue weighted by Crippen LogP contribution is 2.15. The number of carbonyl (C=O) groups is 1. The molecular weight excluding hydrogens is 200 g/mol. The minimum atomic E-state index is 0.287. The molecule has 1 atom stereocenters. The van der Waals surface area contributed by atoms with Crippen molar-refractivity contribution in [2.45, 2.75) is 32.6 Å². The average molecular weight is 224 g/mol. The Balaban J connectivity index is 2.37. The Morgan fingerprint density at radius 3 is 3.00 bits per heavy atom. The van der Waals surface area contributed by atoms with Gasteiger partial charge in [0.1, 0.15) is 0 Å². The maximum Gasteiger partial charge on any atom is 0.223 e. The number of carbonyl (C=O) groups excluding carboxylic acids is 1. The fourth-order valence-electron chi connectivity index (χ4n) is 2.22. The number of amides is 1. The molecule has 0 aromatic carbocycles. The molecule has 1 amide bonds. The molecule has 16 heavy (non-hydrogen) atoms. The molecule has 1 aliphatic heterocycles. The van der Waals surface area contributed by atoms with E-state index in [-0.39, 0.29) is 5.91 Å². The molecule has 92 valence electrons. The monoisotopic (exact) mass is 224 g/mol. The number of hydrogen-bond donors (Lipinski definition) is 1. The van der Waals surface area contributed by atoms with Crippen molar-refractivity contribution in [2.24, 2.45) is 5.92 Å². The van der Waals surface area contributed by atoms with Crippen molar-refractivity contribution in [3.8, 4) is 0 Å². The smallest absolute Gasteiger partial charge is 0.223 e. The van der Waals surface area contributed by atoms with Crippen LogP contribution in [0.4, 0.5) is 0 Å². The zero-order chi connectivity index (χ0) is 11.8. The second-order valence-corrected chi connectivity index (χ2v) is 4.54. The lowest BCUT2D eigenvalue weighted by Crippen LogP contribution is -2.37. The average Bonchev–Trinajstić information content (AvgIpc) is 2.30. The molecule has 0 spiro atoms. The van der Waals surface area contributed by atoms with Gasteiger partial charge in [0.25, 0.3) is 0 Å². The highest BCUT2D eigenvalue weighted by Gasteiger charge is 2.19. The zero-order valence-corrected chi connectivity index (χ0v) is 10.4. The lowest BCUT2D eigenvalue weighted by Gasteiger charge is -2.26. The second-order valence-electron chi connectivity index (χ2n) is 4.54. The Kier molecular flexibility index (Phi) is 6.16. The predicted octanol–water partition coefficient (Wildman–Crippen LogP) is 1.80. The molecule has 0 saturated carbocycles. The van der Waals surface area contributed by atoms with Crippen molar-refractivity contribution < 1.29 is 4.79 Å². The normalized spacial score (nSPS) is 20.4. The molecule has 3 heteroatoms.